The number of rotatable bonds is 20. The predicted octanol–water partition coefficient (Wildman–Crippen LogP) is 7.24. The second-order valence-corrected chi connectivity index (χ2v) is 21.5. The van der Waals surface area contributed by atoms with Crippen molar-refractivity contribution in [2.24, 2.45) is 5.41 Å². The van der Waals surface area contributed by atoms with E-state index in [1.165, 1.54) is 96.1 Å². The standard InChI is InChI=1S/C27H44O2S8/c1-3-23-25(36-23)9-19(1)28-5-7-30-15-27(17-32-11-21-13-34-21,18-33-12-22-14-35-22)16-31-8-6-29-20-2-4-24-26(10-20)37-24/h19-26H,1-18H2. The van der Waals surface area contributed by atoms with Gasteiger partial charge >= 0.3 is 0 Å². The molecular formula is C27H44O2S8. The zero-order valence-corrected chi connectivity index (χ0v) is 28.5. The number of hydrogen-bond donors (Lipinski definition) is 0. The lowest BCUT2D eigenvalue weighted by atomic mass is 9.98. The van der Waals surface area contributed by atoms with Crippen molar-refractivity contribution in [3.63, 3.8) is 0 Å². The van der Waals surface area contributed by atoms with Gasteiger partial charge in [0.2, 0.25) is 0 Å². The molecule has 0 aromatic carbocycles. The van der Waals surface area contributed by atoms with Crippen LogP contribution in [-0.4, -0.2) is 114 Å². The van der Waals surface area contributed by atoms with Crippen molar-refractivity contribution >= 4 is 94.1 Å². The fraction of sp³-hybridized carbons (Fsp3) is 1.00. The summed E-state index contributed by atoms with van der Waals surface area (Å²) in [7, 11) is 0. The molecule has 8 atom stereocenters. The Kier molecular flexibility index (Phi) is 12.0. The van der Waals surface area contributed by atoms with Crippen LogP contribution in [-0.2, 0) is 9.47 Å². The van der Waals surface area contributed by atoms with E-state index in [1.807, 2.05) is 0 Å². The first-order chi connectivity index (χ1) is 18.2. The highest BCUT2D eigenvalue weighted by molar-refractivity contribution is 8.09. The smallest absolute Gasteiger partial charge is 0.0586 e. The largest absolute Gasteiger partial charge is 0.377 e. The van der Waals surface area contributed by atoms with E-state index in [2.05, 4.69) is 94.1 Å². The van der Waals surface area contributed by atoms with Crippen LogP contribution < -0.4 is 0 Å². The molecular weight excluding hydrogens is 613 g/mol. The average Bonchev–Trinajstić information content (AvgIpc) is 3.73. The second-order valence-electron chi connectivity index (χ2n) is 11.6. The molecule has 4 heterocycles. The summed E-state index contributed by atoms with van der Waals surface area (Å²) in [5.41, 5.74) is 0.440. The van der Waals surface area contributed by atoms with Gasteiger partial charge in [0.25, 0.3) is 0 Å². The van der Waals surface area contributed by atoms with Gasteiger partial charge in [-0.3, -0.25) is 0 Å². The number of thioether (sulfide) groups is 8. The van der Waals surface area contributed by atoms with Gasteiger partial charge in [-0.15, -0.1) is 0 Å². The molecule has 10 heteroatoms. The van der Waals surface area contributed by atoms with Crippen LogP contribution in [0.25, 0.3) is 0 Å². The minimum atomic E-state index is 0.440. The highest BCUT2D eigenvalue weighted by Gasteiger charge is 2.44. The highest BCUT2D eigenvalue weighted by Crippen LogP contribution is 2.52. The predicted molar refractivity (Wildman–Crippen MR) is 182 cm³/mol. The van der Waals surface area contributed by atoms with E-state index >= 15 is 0 Å². The van der Waals surface area contributed by atoms with Crippen LogP contribution in [0.3, 0.4) is 0 Å². The molecule has 6 fully saturated rings. The van der Waals surface area contributed by atoms with Gasteiger partial charge in [0.05, 0.1) is 25.4 Å². The van der Waals surface area contributed by atoms with Gasteiger partial charge in [-0.05, 0) is 38.5 Å². The Labute approximate surface area is 259 Å². The molecule has 0 N–H and O–H groups in total. The third-order valence-electron chi connectivity index (χ3n) is 8.12. The fourth-order valence-corrected chi connectivity index (χ4v) is 15.6. The third kappa shape index (κ3) is 10.4. The summed E-state index contributed by atoms with van der Waals surface area (Å²) in [6, 6.07) is 0. The van der Waals surface area contributed by atoms with Gasteiger partial charge in [-0.1, -0.05) is 0 Å². The van der Waals surface area contributed by atoms with Crippen molar-refractivity contribution < 1.29 is 9.47 Å². The fourth-order valence-electron chi connectivity index (χ4n) is 5.55. The summed E-state index contributed by atoms with van der Waals surface area (Å²) in [4.78, 5) is 0. The molecule has 0 bridgehead atoms. The maximum atomic E-state index is 6.34. The van der Waals surface area contributed by atoms with Crippen molar-refractivity contribution in [3.05, 3.63) is 0 Å². The third-order valence-corrected chi connectivity index (χ3v) is 18.9. The van der Waals surface area contributed by atoms with Crippen LogP contribution in [0, 0.1) is 5.41 Å². The molecule has 37 heavy (non-hydrogen) atoms. The maximum absolute atomic E-state index is 6.34. The minimum absolute atomic E-state index is 0.440. The van der Waals surface area contributed by atoms with Gasteiger partial charge in [0.1, 0.15) is 0 Å². The lowest BCUT2D eigenvalue weighted by Crippen LogP contribution is -2.34. The molecule has 0 spiro atoms. The van der Waals surface area contributed by atoms with Crippen molar-refractivity contribution in [1.29, 1.82) is 0 Å². The first-order valence-corrected chi connectivity index (χ1v) is 22.9. The summed E-state index contributed by atoms with van der Waals surface area (Å²) in [6.45, 7) is 1.90. The molecule has 2 aliphatic carbocycles. The summed E-state index contributed by atoms with van der Waals surface area (Å²) < 4.78 is 12.7. The Bertz CT molecular complexity index is 650. The summed E-state index contributed by atoms with van der Waals surface area (Å²) >= 11 is 17.6. The first-order valence-electron chi connectivity index (χ1n) is 14.3. The topological polar surface area (TPSA) is 18.5 Å². The normalized spacial score (nSPS) is 38.9. The van der Waals surface area contributed by atoms with E-state index in [-0.39, 0.29) is 0 Å². The average molecular weight is 657 g/mol. The Balaban J connectivity index is 0.936. The summed E-state index contributed by atoms with van der Waals surface area (Å²) in [6.07, 6.45) is 9.11. The van der Waals surface area contributed by atoms with E-state index in [9.17, 15) is 0 Å². The van der Waals surface area contributed by atoms with Crippen molar-refractivity contribution in [2.75, 3.05) is 70.7 Å². The molecule has 0 aromatic rings. The molecule has 8 unspecified atom stereocenters. The zero-order chi connectivity index (χ0) is 24.9. The molecule has 6 rings (SSSR count). The van der Waals surface area contributed by atoms with Gasteiger partial charge in [0.15, 0.2) is 0 Å². The van der Waals surface area contributed by atoms with Crippen molar-refractivity contribution in [3.8, 4) is 0 Å². The highest BCUT2D eigenvalue weighted by atomic mass is 32.2. The second kappa shape index (κ2) is 14.9. The summed E-state index contributed by atoms with van der Waals surface area (Å²) in [5.74, 6) is 13.1. The van der Waals surface area contributed by atoms with Crippen LogP contribution in [0.15, 0.2) is 0 Å². The number of hydrogen-bond acceptors (Lipinski definition) is 10. The van der Waals surface area contributed by atoms with Crippen LogP contribution in [0.4, 0.5) is 0 Å². The van der Waals surface area contributed by atoms with Crippen molar-refractivity contribution in [2.45, 2.75) is 82.2 Å². The van der Waals surface area contributed by atoms with Gasteiger partial charge < -0.3 is 9.47 Å². The summed E-state index contributed by atoms with van der Waals surface area (Å²) in [5, 5.41) is 5.74. The van der Waals surface area contributed by atoms with E-state index in [4.69, 9.17) is 9.47 Å². The van der Waals surface area contributed by atoms with Crippen molar-refractivity contribution in [1.82, 2.24) is 0 Å². The van der Waals surface area contributed by atoms with Gasteiger partial charge in [-0.25, -0.2) is 0 Å². The monoisotopic (exact) mass is 656 g/mol. The number of ether oxygens (including phenoxy) is 2. The first kappa shape index (κ1) is 29.8. The zero-order valence-electron chi connectivity index (χ0n) is 21.9. The molecule has 0 radical (unpaired) electrons. The van der Waals surface area contributed by atoms with Gasteiger partial charge in [0, 0.05) is 94.4 Å². The van der Waals surface area contributed by atoms with Crippen LogP contribution in [0.2, 0.25) is 0 Å². The Morgan fingerprint density at radius 2 is 1.05 bits per heavy atom. The Hall–Kier alpha value is 2.72. The quantitative estimate of drug-likeness (QED) is 0.0982. The lowest BCUT2D eigenvalue weighted by molar-refractivity contribution is 0.0448. The molecule has 0 amide bonds. The van der Waals surface area contributed by atoms with E-state index in [0.29, 0.717) is 17.6 Å². The molecule has 0 aromatic heterocycles. The van der Waals surface area contributed by atoms with Crippen LogP contribution in [0.5, 0.6) is 0 Å². The van der Waals surface area contributed by atoms with E-state index < -0.39 is 0 Å². The van der Waals surface area contributed by atoms with Crippen LogP contribution >= 0.6 is 94.1 Å². The molecule has 2 nitrogen and oxygen atoms in total. The molecule has 4 saturated heterocycles. The van der Waals surface area contributed by atoms with E-state index in [0.717, 1.165) is 44.7 Å². The maximum Gasteiger partial charge on any atom is 0.0586 e. The SMILES string of the molecule is C(CSCC(CSCCOC1CCC2SC2C1)(CSCC1CS1)CSCC1CS1)OC1CCC2SC2C1. The van der Waals surface area contributed by atoms with Gasteiger partial charge in [-0.2, -0.15) is 94.1 Å². The van der Waals surface area contributed by atoms with Crippen LogP contribution in [0.1, 0.15) is 38.5 Å². The minimum Gasteiger partial charge on any atom is -0.377 e. The molecule has 4 aliphatic heterocycles. The van der Waals surface area contributed by atoms with E-state index in [1.54, 1.807) is 0 Å². The Morgan fingerprint density at radius 3 is 1.49 bits per heavy atom. The molecule has 2 saturated carbocycles. The molecule has 6 aliphatic rings. The number of fused-ring (bicyclic) bond motifs is 2. The molecule has 212 valence electrons. The lowest BCUT2D eigenvalue weighted by Gasteiger charge is -2.33. The Morgan fingerprint density at radius 1 is 0.595 bits per heavy atom.